The number of rotatable bonds is 1. The lowest BCUT2D eigenvalue weighted by atomic mass is 9.69. The molecule has 2 saturated heterocycles. The van der Waals surface area contributed by atoms with E-state index in [1.54, 1.807) is 0 Å². The molecule has 21 heavy (non-hydrogen) atoms. The van der Waals surface area contributed by atoms with E-state index < -0.39 is 0 Å². The summed E-state index contributed by atoms with van der Waals surface area (Å²) in [6.45, 7) is 8.96. The highest BCUT2D eigenvalue weighted by Crippen LogP contribution is 2.40. The van der Waals surface area contributed by atoms with Crippen LogP contribution in [0.25, 0.3) is 0 Å². The number of hydrogen-bond acceptors (Lipinski definition) is 2. The molecule has 2 aliphatic heterocycles. The number of hydrogen-bond donors (Lipinski definition) is 1. The molecule has 0 aromatic carbocycles. The average Bonchev–Trinajstić information content (AvgIpc) is 2.77. The monoisotopic (exact) mass is 292 g/mol. The third-order valence-corrected chi connectivity index (χ3v) is 6.14. The second kappa shape index (κ2) is 5.91. The van der Waals surface area contributed by atoms with Gasteiger partial charge in [-0.3, -0.25) is 4.79 Å². The smallest absolute Gasteiger partial charge is 0.225 e. The summed E-state index contributed by atoms with van der Waals surface area (Å²) in [4.78, 5) is 15.0. The average molecular weight is 292 g/mol. The maximum atomic E-state index is 12.8. The highest BCUT2D eigenvalue weighted by molar-refractivity contribution is 5.79. The Morgan fingerprint density at radius 2 is 1.62 bits per heavy atom. The second-order valence-corrected chi connectivity index (χ2v) is 8.63. The molecule has 3 heteroatoms. The molecule has 2 atom stereocenters. The second-order valence-electron chi connectivity index (χ2n) is 8.63. The van der Waals surface area contributed by atoms with Gasteiger partial charge in [0.1, 0.15) is 0 Å². The molecular weight excluding hydrogens is 260 g/mol. The van der Waals surface area contributed by atoms with E-state index >= 15 is 0 Å². The van der Waals surface area contributed by atoms with Crippen molar-refractivity contribution < 1.29 is 4.79 Å². The SMILES string of the molecule is CC(C)(C)C1CCC(C(=O)N2CCC3CCC(C2)N3)CC1. The van der Waals surface area contributed by atoms with Crippen molar-refractivity contribution in [3.8, 4) is 0 Å². The van der Waals surface area contributed by atoms with Crippen molar-refractivity contribution in [1.29, 1.82) is 0 Å². The van der Waals surface area contributed by atoms with Gasteiger partial charge in [-0.05, 0) is 56.3 Å². The summed E-state index contributed by atoms with van der Waals surface area (Å²) < 4.78 is 0. The quantitative estimate of drug-likeness (QED) is 0.805. The highest BCUT2D eigenvalue weighted by atomic mass is 16.2. The van der Waals surface area contributed by atoms with Crippen molar-refractivity contribution in [1.82, 2.24) is 10.2 Å². The van der Waals surface area contributed by atoms with Crippen LogP contribution in [0.2, 0.25) is 0 Å². The molecule has 0 radical (unpaired) electrons. The van der Waals surface area contributed by atoms with Crippen molar-refractivity contribution in [3.05, 3.63) is 0 Å². The van der Waals surface area contributed by atoms with Crippen molar-refractivity contribution in [2.45, 2.75) is 77.8 Å². The van der Waals surface area contributed by atoms with Crippen LogP contribution in [0.1, 0.15) is 65.7 Å². The summed E-state index contributed by atoms with van der Waals surface area (Å²) in [6, 6.07) is 1.23. The molecule has 1 saturated carbocycles. The zero-order valence-electron chi connectivity index (χ0n) is 14.0. The lowest BCUT2D eigenvalue weighted by molar-refractivity contribution is -0.137. The van der Waals surface area contributed by atoms with Gasteiger partial charge >= 0.3 is 0 Å². The van der Waals surface area contributed by atoms with Gasteiger partial charge in [0.2, 0.25) is 5.91 Å². The lowest BCUT2D eigenvalue weighted by Gasteiger charge is -2.38. The molecule has 2 heterocycles. The first-order valence-corrected chi connectivity index (χ1v) is 8.98. The third-order valence-electron chi connectivity index (χ3n) is 6.14. The van der Waals surface area contributed by atoms with Crippen LogP contribution in [0.5, 0.6) is 0 Å². The zero-order valence-corrected chi connectivity index (χ0v) is 14.0. The number of nitrogens with zero attached hydrogens (tertiary/aromatic N) is 1. The number of carbonyl (C=O) groups is 1. The van der Waals surface area contributed by atoms with Crippen LogP contribution in [0.15, 0.2) is 0 Å². The van der Waals surface area contributed by atoms with E-state index in [4.69, 9.17) is 0 Å². The van der Waals surface area contributed by atoms with Crippen LogP contribution in [-0.4, -0.2) is 36.0 Å². The Morgan fingerprint density at radius 3 is 2.29 bits per heavy atom. The van der Waals surface area contributed by atoms with Crippen molar-refractivity contribution in [2.75, 3.05) is 13.1 Å². The fourth-order valence-corrected chi connectivity index (χ4v) is 4.61. The molecule has 0 spiro atoms. The molecular formula is C18H32N2O. The minimum Gasteiger partial charge on any atom is -0.341 e. The molecule has 3 rings (SSSR count). The van der Waals surface area contributed by atoms with Gasteiger partial charge in [-0.2, -0.15) is 0 Å². The Labute approximate surface area is 129 Å². The molecule has 3 aliphatic rings. The highest BCUT2D eigenvalue weighted by Gasteiger charge is 2.36. The van der Waals surface area contributed by atoms with Gasteiger partial charge in [0.25, 0.3) is 0 Å². The Bertz CT molecular complexity index is 379. The largest absolute Gasteiger partial charge is 0.341 e. The Morgan fingerprint density at radius 1 is 0.952 bits per heavy atom. The van der Waals surface area contributed by atoms with Gasteiger partial charge in [-0.25, -0.2) is 0 Å². The minimum absolute atomic E-state index is 0.306. The van der Waals surface area contributed by atoms with Crippen molar-refractivity contribution >= 4 is 5.91 Å². The van der Waals surface area contributed by atoms with Gasteiger partial charge in [0.15, 0.2) is 0 Å². The number of likely N-dealkylation sites (tertiary alicyclic amines) is 1. The van der Waals surface area contributed by atoms with E-state index in [-0.39, 0.29) is 0 Å². The van der Waals surface area contributed by atoms with E-state index in [9.17, 15) is 4.79 Å². The summed E-state index contributed by atoms with van der Waals surface area (Å²) in [5.74, 6) is 1.56. The summed E-state index contributed by atoms with van der Waals surface area (Å²) in [5, 5.41) is 3.67. The Kier molecular flexibility index (Phi) is 4.31. The molecule has 1 amide bonds. The van der Waals surface area contributed by atoms with E-state index in [0.717, 1.165) is 38.3 Å². The molecule has 3 nitrogen and oxygen atoms in total. The van der Waals surface area contributed by atoms with Crippen molar-refractivity contribution in [3.63, 3.8) is 0 Å². The Balaban J connectivity index is 1.54. The number of carbonyl (C=O) groups excluding carboxylic acids is 1. The van der Waals surface area contributed by atoms with E-state index in [1.165, 1.54) is 25.7 Å². The predicted octanol–water partition coefficient (Wildman–Crippen LogP) is 3.19. The fraction of sp³-hybridized carbons (Fsp3) is 0.944. The van der Waals surface area contributed by atoms with Crippen LogP contribution in [-0.2, 0) is 4.79 Å². The van der Waals surface area contributed by atoms with E-state index in [0.29, 0.717) is 29.3 Å². The summed E-state index contributed by atoms with van der Waals surface area (Å²) >= 11 is 0. The van der Waals surface area contributed by atoms with Crippen LogP contribution < -0.4 is 5.32 Å². The zero-order chi connectivity index (χ0) is 15.0. The summed E-state index contributed by atoms with van der Waals surface area (Å²) in [5.41, 5.74) is 0.402. The topological polar surface area (TPSA) is 32.3 Å². The fourth-order valence-electron chi connectivity index (χ4n) is 4.61. The molecule has 2 bridgehead atoms. The maximum absolute atomic E-state index is 12.8. The lowest BCUT2D eigenvalue weighted by Crippen LogP contribution is -2.43. The number of nitrogens with one attached hydrogen (secondary N) is 1. The summed E-state index contributed by atoms with van der Waals surface area (Å²) in [7, 11) is 0. The van der Waals surface area contributed by atoms with Gasteiger partial charge in [-0.1, -0.05) is 20.8 Å². The molecule has 0 aromatic heterocycles. The van der Waals surface area contributed by atoms with Crippen LogP contribution in [0, 0.1) is 17.3 Å². The first kappa shape index (κ1) is 15.3. The van der Waals surface area contributed by atoms with Crippen LogP contribution >= 0.6 is 0 Å². The number of amides is 1. The van der Waals surface area contributed by atoms with Gasteiger partial charge < -0.3 is 10.2 Å². The molecule has 120 valence electrons. The van der Waals surface area contributed by atoms with E-state index in [2.05, 4.69) is 31.0 Å². The minimum atomic E-state index is 0.306. The Hall–Kier alpha value is -0.570. The number of fused-ring (bicyclic) bond motifs is 2. The summed E-state index contributed by atoms with van der Waals surface area (Å²) in [6.07, 6.45) is 8.40. The molecule has 1 aliphatic carbocycles. The van der Waals surface area contributed by atoms with Crippen molar-refractivity contribution in [2.24, 2.45) is 17.3 Å². The first-order valence-electron chi connectivity index (χ1n) is 8.98. The molecule has 1 N–H and O–H groups in total. The standard InChI is InChI=1S/C18H32N2O/c1-18(2,3)14-6-4-13(5-7-14)17(21)20-11-10-15-8-9-16(12-20)19-15/h13-16,19H,4-12H2,1-3H3. The normalized spacial score (nSPS) is 37.4. The maximum Gasteiger partial charge on any atom is 0.225 e. The van der Waals surface area contributed by atoms with E-state index in [1.807, 2.05) is 0 Å². The van der Waals surface area contributed by atoms with Gasteiger partial charge in [-0.15, -0.1) is 0 Å². The van der Waals surface area contributed by atoms with Crippen LogP contribution in [0.3, 0.4) is 0 Å². The van der Waals surface area contributed by atoms with Gasteiger partial charge in [0, 0.05) is 31.1 Å². The third kappa shape index (κ3) is 3.44. The first-order chi connectivity index (χ1) is 9.93. The molecule has 3 fully saturated rings. The van der Waals surface area contributed by atoms with Crippen LogP contribution in [0.4, 0.5) is 0 Å². The molecule has 0 aromatic rings. The van der Waals surface area contributed by atoms with Gasteiger partial charge in [0.05, 0.1) is 0 Å². The molecule has 2 unspecified atom stereocenters. The predicted molar refractivity (Wildman–Crippen MR) is 86.0 cm³/mol.